The second-order valence-corrected chi connectivity index (χ2v) is 6.68. The van der Waals surface area contributed by atoms with Gasteiger partial charge in [0.25, 0.3) is 5.78 Å². The lowest BCUT2D eigenvalue weighted by Crippen LogP contribution is -2.39. The second-order valence-electron chi connectivity index (χ2n) is 6.68. The Labute approximate surface area is 160 Å². The van der Waals surface area contributed by atoms with Crippen molar-refractivity contribution in [3.8, 4) is 0 Å². The Morgan fingerprint density at radius 3 is 2.57 bits per heavy atom. The van der Waals surface area contributed by atoms with Gasteiger partial charge >= 0.3 is 6.18 Å². The number of allylic oxidation sites excluding steroid dienone is 1. The average Bonchev–Trinajstić information content (AvgIpc) is 3.15. The predicted molar refractivity (Wildman–Crippen MR) is 98.0 cm³/mol. The molecule has 9 heteroatoms. The number of amides is 1. The SMILES string of the molecule is O=C(Nc1ccccc1N1CCOCC1)C1CCCN1C=CC(=O)C(F)(F)F. The number of halogens is 3. The van der Waals surface area contributed by atoms with Crippen molar-refractivity contribution in [1.29, 1.82) is 0 Å². The largest absolute Gasteiger partial charge is 0.454 e. The van der Waals surface area contributed by atoms with Gasteiger partial charge in [-0.2, -0.15) is 13.2 Å². The van der Waals surface area contributed by atoms with E-state index in [0.717, 1.165) is 11.9 Å². The summed E-state index contributed by atoms with van der Waals surface area (Å²) in [5, 5.41) is 2.89. The summed E-state index contributed by atoms with van der Waals surface area (Å²) in [6, 6.07) is 6.79. The van der Waals surface area contributed by atoms with Crippen LogP contribution in [0.5, 0.6) is 0 Å². The number of rotatable bonds is 5. The van der Waals surface area contributed by atoms with E-state index in [2.05, 4.69) is 10.2 Å². The number of ether oxygens (including phenoxy) is 1. The molecule has 28 heavy (non-hydrogen) atoms. The van der Waals surface area contributed by atoms with Gasteiger partial charge in [-0.1, -0.05) is 12.1 Å². The van der Waals surface area contributed by atoms with Crippen molar-refractivity contribution in [3.63, 3.8) is 0 Å². The monoisotopic (exact) mass is 397 g/mol. The first kappa shape index (κ1) is 20.2. The Morgan fingerprint density at radius 1 is 1.14 bits per heavy atom. The Balaban J connectivity index is 1.69. The van der Waals surface area contributed by atoms with Gasteiger partial charge in [-0.25, -0.2) is 0 Å². The molecule has 0 aliphatic carbocycles. The number of morpholine rings is 1. The van der Waals surface area contributed by atoms with Gasteiger partial charge in [-0.15, -0.1) is 0 Å². The zero-order valence-electron chi connectivity index (χ0n) is 15.2. The molecule has 1 aromatic carbocycles. The first-order chi connectivity index (χ1) is 13.4. The normalized spacial score (nSPS) is 20.6. The molecule has 1 atom stereocenters. The molecule has 1 N–H and O–H groups in total. The molecule has 2 aliphatic heterocycles. The summed E-state index contributed by atoms with van der Waals surface area (Å²) in [7, 11) is 0. The third-order valence-electron chi connectivity index (χ3n) is 4.81. The van der Waals surface area contributed by atoms with E-state index in [1.807, 2.05) is 18.2 Å². The minimum absolute atomic E-state index is 0.303. The van der Waals surface area contributed by atoms with E-state index in [-0.39, 0.29) is 5.91 Å². The molecular formula is C19H22F3N3O3. The van der Waals surface area contributed by atoms with Crippen LogP contribution in [0.15, 0.2) is 36.5 Å². The summed E-state index contributed by atoms with van der Waals surface area (Å²) in [6.07, 6.45) is -2.19. The van der Waals surface area contributed by atoms with Crippen LogP contribution in [0, 0.1) is 0 Å². The van der Waals surface area contributed by atoms with Crippen molar-refractivity contribution in [1.82, 2.24) is 4.90 Å². The molecule has 0 radical (unpaired) electrons. The molecule has 1 unspecified atom stereocenters. The number of hydrogen-bond donors (Lipinski definition) is 1. The van der Waals surface area contributed by atoms with Gasteiger partial charge in [-0.05, 0) is 25.0 Å². The van der Waals surface area contributed by atoms with Crippen molar-refractivity contribution in [2.75, 3.05) is 43.1 Å². The minimum Gasteiger partial charge on any atom is -0.378 e. The second kappa shape index (κ2) is 8.64. The number of ketones is 1. The number of nitrogens with one attached hydrogen (secondary N) is 1. The summed E-state index contributed by atoms with van der Waals surface area (Å²) < 4.78 is 42.5. The molecular weight excluding hydrogens is 375 g/mol. The van der Waals surface area contributed by atoms with Gasteiger partial charge < -0.3 is 19.9 Å². The predicted octanol–water partition coefficient (Wildman–Crippen LogP) is 2.57. The number of carbonyl (C=O) groups excluding carboxylic acids is 2. The molecule has 0 spiro atoms. The number of hydrogen-bond acceptors (Lipinski definition) is 5. The van der Waals surface area contributed by atoms with Gasteiger partial charge in [0.15, 0.2) is 0 Å². The summed E-state index contributed by atoms with van der Waals surface area (Å²) in [6.45, 7) is 3.06. The highest BCUT2D eigenvalue weighted by atomic mass is 19.4. The smallest absolute Gasteiger partial charge is 0.378 e. The van der Waals surface area contributed by atoms with Gasteiger partial charge in [0, 0.05) is 31.9 Å². The third kappa shape index (κ3) is 4.83. The lowest BCUT2D eigenvalue weighted by Gasteiger charge is -2.31. The fourth-order valence-corrected chi connectivity index (χ4v) is 3.38. The Bertz CT molecular complexity index is 745. The molecule has 2 aliphatic rings. The maximum atomic E-state index is 12.8. The van der Waals surface area contributed by atoms with E-state index in [0.29, 0.717) is 57.5 Å². The Hall–Kier alpha value is -2.55. The van der Waals surface area contributed by atoms with Gasteiger partial charge in [0.1, 0.15) is 6.04 Å². The number of alkyl halides is 3. The highest BCUT2D eigenvalue weighted by molar-refractivity contribution is 5.98. The molecule has 3 rings (SSSR count). The van der Waals surface area contributed by atoms with Crippen molar-refractivity contribution in [2.45, 2.75) is 25.1 Å². The number of carbonyl (C=O) groups is 2. The Kier molecular flexibility index (Phi) is 6.23. The quantitative estimate of drug-likeness (QED) is 0.774. The summed E-state index contributed by atoms with van der Waals surface area (Å²) in [4.78, 5) is 27.4. The first-order valence-electron chi connectivity index (χ1n) is 9.14. The number of benzene rings is 1. The van der Waals surface area contributed by atoms with Crippen LogP contribution < -0.4 is 10.2 Å². The van der Waals surface area contributed by atoms with Crippen molar-refractivity contribution in [2.24, 2.45) is 0 Å². The van der Waals surface area contributed by atoms with Crippen LogP contribution in [0.1, 0.15) is 12.8 Å². The summed E-state index contributed by atoms with van der Waals surface area (Å²) >= 11 is 0. The number of nitrogens with zero attached hydrogens (tertiary/aromatic N) is 2. The zero-order valence-corrected chi connectivity index (χ0v) is 15.2. The van der Waals surface area contributed by atoms with Crippen LogP contribution in [0.4, 0.5) is 24.5 Å². The van der Waals surface area contributed by atoms with Crippen LogP contribution >= 0.6 is 0 Å². The molecule has 1 aromatic rings. The van der Waals surface area contributed by atoms with E-state index < -0.39 is 18.0 Å². The minimum atomic E-state index is -4.91. The molecule has 2 heterocycles. The molecule has 0 saturated carbocycles. The zero-order chi connectivity index (χ0) is 20.1. The van der Waals surface area contributed by atoms with E-state index >= 15 is 0 Å². The lowest BCUT2D eigenvalue weighted by molar-refractivity contribution is -0.165. The molecule has 6 nitrogen and oxygen atoms in total. The van der Waals surface area contributed by atoms with E-state index in [1.165, 1.54) is 4.90 Å². The van der Waals surface area contributed by atoms with Crippen LogP contribution in [-0.4, -0.2) is 61.7 Å². The highest BCUT2D eigenvalue weighted by Gasteiger charge is 2.37. The molecule has 2 fully saturated rings. The van der Waals surface area contributed by atoms with E-state index in [9.17, 15) is 22.8 Å². The van der Waals surface area contributed by atoms with Crippen LogP contribution in [0.25, 0.3) is 0 Å². The fraction of sp³-hybridized carbons (Fsp3) is 0.474. The summed E-state index contributed by atoms with van der Waals surface area (Å²) in [5.74, 6) is -2.24. The van der Waals surface area contributed by atoms with E-state index in [1.54, 1.807) is 6.07 Å². The maximum absolute atomic E-state index is 12.8. The first-order valence-corrected chi connectivity index (χ1v) is 9.14. The van der Waals surface area contributed by atoms with Crippen molar-refractivity contribution >= 4 is 23.1 Å². The number of likely N-dealkylation sites (tertiary alicyclic amines) is 1. The topological polar surface area (TPSA) is 61.9 Å². The number of para-hydroxylation sites is 2. The highest BCUT2D eigenvalue weighted by Crippen LogP contribution is 2.28. The number of anilines is 2. The lowest BCUT2D eigenvalue weighted by atomic mass is 10.1. The summed E-state index contributed by atoms with van der Waals surface area (Å²) in [5.41, 5.74) is 1.53. The van der Waals surface area contributed by atoms with Crippen molar-refractivity contribution in [3.05, 3.63) is 36.5 Å². The van der Waals surface area contributed by atoms with Gasteiger partial charge in [0.2, 0.25) is 5.91 Å². The van der Waals surface area contributed by atoms with Crippen LogP contribution in [-0.2, 0) is 14.3 Å². The van der Waals surface area contributed by atoms with Crippen molar-refractivity contribution < 1.29 is 27.5 Å². The molecule has 0 bridgehead atoms. The maximum Gasteiger partial charge on any atom is 0.454 e. The standard InChI is InChI=1S/C19H22F3N3O3/c20-19(21,22)17(26)7-9-24-8-3-6-16(24)18(27)23-14-4-1-2-5-15(14)25-10-12-28-13-11-25/h1-2,4-5,7,9,16H,3,6,8,10-13H2,(H,23,27). The molecule has 2 saturated heterocycles. The third-order valence-corrected chi connectivity index (χ3v) is 4.81. The van der Waals surface area contributed by atoms with Gasteiger partial charge in [0.05, 0.1) is 24.6 Å². The average molecular weight is 397 g/mol. The Morgan fingerprint density at radius 2 is 1.86 bits per heavy atom. The molecule has 152 valence electrons. The molecule has 0 aromatic heterocycles. The fourth-order valence-electron chi connectivity index (χ4n) is 3.38. The van der Waals surface area contributed by atoms with E-state index in [4.69, 9.17) is 4.74 Å². The van der Waals surface area contributed by atoms with Crippen LogP contribution in [0.2, 0.25) is 0 Å². The van der Waals surface area contributed by atoms with Gasteiger partial charge in [-0.3, -0.25) is 9.59 Å². The van der Waals surface area contributed by atoms with Crippen LogP contribution in [0.3, 0.4) is 0 Å². The molecule has 1 amide bonds.